The van der Waals surface area contributed by atoms with E-state index in [4.69, 9.17) is 4.74 Å². The average molecular weight is 293 g/mol. The molecule has 0 spiro atoms. The molecule has 110 valence electrons. The lowest BCUT2D eigenvalue weighted by molar-refractivity contribution is 0.102. The number of hydrogen-bond donors (Lipinski definition) is 2. The minimum Gasteiger partial charge on any atom is -0.496 e. The van der Waals surface area contributed by atoms with Gasteiger partial charge in [-0.05, 0) is 30.3 Å². The molecule has 0 saturated carbocycles. The maximum atomic E-state index is 12.4. The number of carbonyl (C=O) groups is 1. The fourth-order valence-electron chi connectivity index (χ4n) is 2.21. The van der Waals surface area contributed by atoms with E-state index in [1.165, 1.54) is 0 Å². The Morgan fingerprint density at radius 2 is 2.00 bits per heavy atom. The van der Waals surface area contributed by atoms with E-state index in [-0.39, 0.29) is 5.91 Å². The Morgan fingerprint density at radius 1 is 1.14 bits per heavy atom. The van der Waals surface area contributed by atoms with E-state index in [1.54, 1.807) is 31.5 Å². The lowest BCUT2D eigenvalue weighted by Crippen LogP contribution is -2.13. The number of aromatic nitrogens is 2. The highest BCUT2D eigenvalue weighted by Gasteiger charge is 2.12. The number of benzene rings is 2. The summed E-state index contributed by atoms with van der Waals surface area (Å²) in [6, 6.07) is 16.6. The number of anilines is 1. The summed E-state index contributed by atoms with van der Waals surface area (Å²) in [6.45, 7) is 0. The van der Waals surface area contributed by atoms with Crippen molar-refractivity contribution in [3.63, 3.8) is 0 Å². The minimum atomic E-state index is -0.209. The Balaban J connectivity index is 1.84. The number of nitrogens with zero attached hydrogens (tertiary/aromatic N) is 1. The molecule has 1 amide bonds. The molecule has 1 heterocycles. The van der Waals surface area contributed by atoms with E-state index in [1.807, 2.05) is 36.4 Å². The van der Waals surface area contributed by atoms with Crippen molar-refractivity contribution in [2.24, 2.45) is 0 Å². The van der Waals surface area contributed by atoms with Crippen molar-refractivity contribution in [3.05, 3.63) is 66.4 Å². The predicted octanol–water partition coefficient (Wildman–Crippen LogP) is 3.34. The number of carbonyl (C=O) groups excluding carboxylic acids is 1. The predicted molar refractivity (Wildman–Crippen MR) is 85.0 cm³/mol. The number of nitrogens with one attached hydrogen (secondary N) is 2. The molecule has 0 aliphatic rings. The Kier molecular flexibility index (Phi) is 3.87. The third-order valence-electron chi connectivity index (χ3n) is 3.28. The van der Waals surface area contributed by atoms with Crippen LogP contribution < -0.4 is 10.1 Å². The van der Waals surface area contributed by atoms with E-state index >= 15 is 0 Å². The number of para-hydroxylation sites is 1. The molecule has 1 aromatic heterocycles. The summed E-state index contributed by atoms with van der Waals surface area (Å²) in [7, 11) is 1.55. The molecular formula is C17H15N3O2. The van der Waals surface area contributed by atoms with Crippen LogP contribution in [0.25, 0.3) is 11.3 Å². The van der Waals surface area contributed by atoms with Crippen LogP contribution in [0, 0.1) is 0 Å². The summed E-state index contributed by atoms with van der Waals surface area (Å²) in [4.78, 5) is 12.4. The van der Waals surface area contributed by atoms with Gasteiger partial charge in [0.25, 0.3) is 5.91 Å². The normalized spacial score (nSPS) is 10.2. The third kappa shape index (κ3) is 2.83. The second-order valence-electron chi connectivity index (χ2n) is 4.71. The van der Waals surface area contributed by atoms with Crippen LogP contribution in [-0.2, 0) is 0 Å². The first-order chi connectivity index (χ1) is 10.8. The molecule has 0 fully saturated rings. The Morgan fingerprint density at radius 3 is 2.77 bits per heavy atom. The van der Waals surface area contributed by atoms with Gasteiger partial charge in [-0.3, -0.25) is 9.89 Å². The zero-order chi connectivity index (χ0) is 15.4. The molecule has 0 aliphatic carbocycles. The molecule has 0 unspecified atom stereocenters. The number of methoxy groups -OCH3 is 1. The molecule has 0 radical (unpaired) electrons. The first-order valence-electron chi connectivity index (χ1n) is 6.82. The fraction of sp³-hybridized carbons (Fsp3) is 0.0588. The minimum absolute atomic E-state index is 0.209. The van der Waals surface area contributed by atoms with Crippen LogP contribution in [0.3, 0.4) is 0 Å². The number of ether oxygens (including phenoxy) is 1. The van der Waals surface area contributed by atoms with Gasteiger partial charge in [0, 0.05) is 17.4 Å². The highest BCUT2D eigenvalue weighted by molar-refractivity contribution is 6.06. The quantitative estimate of drug-likeness (QED) is 0.775. The van der Waals surface area contributed by atoms with Gasteiger partial charge >= 0.3 is 0 Å². The molecule has 0 atom stereocenters. The van der Waals surface area contributed by atoms with Crippen LogP contribution >= 0.6 is 0 Å². The molecular weight excluding hydrogens is 278 g/mol. The SMILES string of the molecule is COc1ccccc1C(=O)Nc1cccc(-c2ccn[nH]2)c1. The zero-order valence-corrected chi connectivity index (χ0v) is 12.0. The van der Waals surface area contributed by atoms with Gasteiger partial charge in [0.15, 0.2) is 0 Å². The first-order valence-corrected chi connectivity index (χ1v) is 6.82. The van der Waals surface area contributed by atoms with Crippen LogP contribution in [0.2, 0.25) is 0 Å². The molecule has 5 nitrogen and oxygen atoms in total. The second kappa shape index (κ2) is 6.13. The highest BCUT2D eigenvalue weighted by atomic mass is 16.5. The Bertz CT molecular complexity index is 782. The molecule has 3 aromatic rings. The number of amides is 1. The summed E-state index contributed by atoms with van der Waals surface area (Å²) in [5.41, 5.74) is 3.06. The van der Waals surface area contributed by atoms with Crippen LogP contribution in [0.5, 0.6) is 5.75 Å². The summed E-state index contributed by atoms with van der Waals surface area (Å²) >= 11 is 0. The molecule has 5 heteroatoms. The highest BCUT2D eigenvalue weighted by Crippen LogP contribution is 2.22. The van der Waals surface area contributed by atoms with Crippen molar-refractivity contribution in [3.8, 4) is 17.0 Å². The van der Waals surface area contributed by atoms with Crippen LogP contribution in [0.1, 0.15) is 10.4 Å². The Labute approximate surface area is 127 Å². The molecule has 2 N–H and O–H groups in total. The van der Waals surface area contributed by atoms with Crippen molar-refractivity contribution < 1.29 is 9.53 Å². The van der Waals surface area contributed by atoms with Crippen molar-refractivity contribution in [1.29, 1.82) is 0 Å². The van der Waals surface area contributed by atoms with E-state index < -0.39 is 0 Å². The van der Waals surface area contributed by atoms with E-state index in [0.717, 1.165) is 11.3 Å². The van der Waals surface area contributed by atoms with Gasteiger partial charge in [0.2, 0.25) is 0 Å². The zero-order valence-electron chi connectivity index (χ0n) is 12.0. The average Bonchev–Trinajstić information content (AvgIpc) is 3.09. The van der Waals surface area contributed by atoms with Gasteiger partial charge in [-0.15, -0.1) is 0 Å². The van der Waals surface area contributed by atoms with Gasteiger partial charge in [0.05, 0.1) is 18.4 Å². The topological polar surface area (TPSA) is 67.0 Å². The second-order valence-corrected chi connectivity index (χ2v) is 4.71. The van der Waals surface area contributed by atoms with Crippen LogP contribution in [0.15, 0.2) is 60.8 Å². The maximum absolute atomic E-state index is 12.4. The first kappa shape index (κ1) is 13.9. The molecule has 0 saturated heterocycles. The van der Waals surface area contributed by atoms with E-state index in [9.17, 15) is 4.79 Å². The summed E-state index contributed by atoms with van der Waals surface area (Å²) in [5, 5.41) is 9.71. The lowest BCUT2D eigenvalue weighted by atomic mass is 10.1. The number of rotatable bonds is 4. The van der Waals surface area contributed by atoms with Crippen molar-refractivity contribution in [1.82, 2.24) is 10.2 Å². The molecule has 0 aliphatic heterocycles. The van der Waals surface area contributed by atoms with Crippen LogP contribution in [0.4, 0.5) is 5.69 Å². The Hall–Kier alpha value is -3.08. The number of H-pyrrole nitrogens is 1. The fourth-order valence-corrected chi connectivity index (χ4v) is 2.21. The van der Waals surface area contributed by atoms with Crippen LogP contribution in [-0.4, -0.2) is 23.2 Å². The van der Waals surface area contributed by atoms with E-state index in [2.05, 4.69) is 15.5 Å². The van der Waals surface area contributed by atoms with Gasteiger partial charge in [-0.2, -0.15) is 5.10 Å². The van der Waals surface area contributed by atoms with Gasteiger partial charge in [-0.1, -0.05) is 24.3 Å². The van der Waals surface area contributed by atoms with Crippen molar-refractivity contribution >= 4 is 11.6 Å². The van der Waals surface area contributed by atoms with E-state index in [0.29, 0.717) is 17.0 Å². The number of aromatic amines is 1. The third-order valence-corrected chi connectivity index (χ3v) is 3.28. The monoisotopic (exact) mass is 293 g/mol. The molecule has 2 aromatic carbocycles. The summed E-state index contributed by atoms with van der Waals surface area (Å²) < 4.78 is 5.21. The largest absolute Gasteiger partial charge is 0.496 e. The van der Waals surface area contributed by atoms with Crippen molar-refractivity contribution in [2.45, 2.75) is 0 Å². The molecule has 3 rings (SSSR count). The molecule has 0 bridgehead atoms. The summed E-state index contributed by atoms with van der Waals surface area (Å²) in [6.07, 6.45) is 1.69. The maximum Gasteiger partial charge on any atom is 0.259 e. The van der Waals surface area contributed by atoms with Gasteiger partial charge in [0.1, 0.15) is 5.75 Å². The number of hydrogen-bond acceptors (Lipinski definition) is 3. The summed E-state index contributed by atoms with van der Waals surface area (Å²) in [5.74, 6) is 0.337. The van der Waals surface area contributed by atoms with Gasteiger partial charge < -0.3 is 10.1 Å². The van der Waals surface area contributed by atoms with Crippen molar-refractivity contribution in [2.75, 3.05) is 12.4 Å². The standard InChI is InChI=1S/C17H15N3O2/c1-22-16-8-3-2-7-14(16)17(21)19-13-6-4-5-12(11-13)15-9-10-18-20-15/h2-11H,1H3,(H,18,20)(H,19,21). The lowest BCUT2D eigenvalue weighted by Gasteiger charge is -2.09. The smallest absolute Gasteiger partial charge is 0.259 e. The molecule has 22 heavy (non-hydrogen) atoms. The van der Waals surface area contributed by atoms with Gasteiger partial charge in [-0.25, -0.2) is 0 Å².